The third kappa shape index (κ3) is 2.86. The summed E-state index contributed by atoms with van der Waals surface area (Å²) in [5.41, 5.74) is 0.0142. The molecule has 1 saturated carbocycles. The summed E-state index contributed by atoms with van der Waals surface area (Å²) in [4.78, 5) is 0. The fourth-order valence-electron chi connectivity index (χ4n) is 3.32. The fraction of sp³-hybridized carbons (Fsp3) is 1.00. The second-order valence-corrected chi connectivity index (χ2v) is 13.6. The van der Waals surface area contributed by atoms with Crippen molar-refractivity contribution in [3.05, 3.63) is 0 Å². The van der Waals surface area contributed by atoms with Crippen molar-refractivity contribution in [1.82, 2.24) is 0 Å². The van der Waals surface area contributed by atoms with Crippen LogP contribution in [0.15, 0.2) is 0 Å². The van der Waals surface area contributed by atoms with Gasteiger partial charge in [0.15, 0.2) is 8.32 Å². The Morgan fingerprint density at radius 1 is 1.10 bits per heavy atom. The first-order valence-corrected chi connectivity index (χ1v) is 11.3. The van der Waals surface area contributed by atoms with Crippen LogP contribution in [0.1, 0.15) is 66.7 Å². The Morgan fingerprint density at radius 3 is 2.15 bits per heavy atom. The lowest BCUT2D eigenvalue weighted by atomic mass is 9.76. The molecule has 0 N–H and O–H groups in total. The maximum absolute atomic E-state index is 6.42. The van der Waals surface area contributed by atoms with E-state index < -0.39 is 8.32 Å². The highest BCUT2D eigenvalue weighted by atomic mass is 28.4. The molecule has 0 aromatic carbocycles. The Balaban J connectivity index is 1.94. The van der Waals surface area contributed by atoms with E-state index in [2.05, 4.69) is 47.7 Å². The van der Waals surface area contributed by atoms with Gasteiger partial charge in [0.1, 0.15) is 11.2 Å². The molecule has 2 rings (SSSR count). The van der Waals surface area contributed by atoms with Crippen molar-refractivity contribution in [3.63, 3.8) is 0 Å². The summed E-state index contributed by atoms with van der Waals surface area (Å²) < 4.78 is 12.7. The molecule has 3 heteroatoms. The molecule has 2 nitrogen and oxygen atoms in total. The van der Waals surface area contributed by atoms with E-state index in [0.717, 1.165) is 12.5 Å². The van der Waals surface area contributed by atoms with Crippen LogP contribution in [0.3, 0.4) is 0 Å². The molecule has 2 fully saturated rings. The zero-order valence-corrected chi connectivity index (χ0v) is 15.6. The summed E-state index contributed by atoms with van der Waals surface area (Å²) in [6.45, 7) is 16.9. The van der Waals surface area contributed by atoms with Crippen molar-refractivity contribution in [2.45, 2.75) is 96.1 Å². The summed E-state index contributed by atoms with van der Waals surface area (Å²) in [5.74, 6) is 0.740. The van der Waals surface area contributed by atoms with Crippen LogP contribution < -0.4 is 0 Å². The van der Waals surface area contributed by atoms with E-state index in [1.807, 2.05) is 0 Å². The third-order valence-corrected chi connectivity index (χ3v) is 10.8. The highest BCUT2D eigenvalue weighted by molar-refractivity contribution is 6.74. The molecule has 0 spiro atoms. The Hall–Kier alpha value is 0.137. The van der Waals surface area contributed by atoms with Crippen LogP contribution in [0.4, 0.5) is 0 Å². The zero-order valence-electron chi connectivity index (χ0n) is 14.6. The van der Waals surface area contributed by atoms with E-state index in [1.165, 1.54) is 32.1 Å². The van der Waals surface area contributed by atoms with Gasteiger partial charge < -0.3 is 9.16 Å². The molecule has 118 valence electrons. The first kappa shape index (κ1) is 16.5. The van der Waals surface area contributed by atoms with E-state index in [0.29, 0.717) is 0 Å². The first-order valence-electron chi connectivity index (χ1n) is 8.36. The summed E-state index contributed by atoms with van der Waals surface area (Å²) in [6, 6.07) is 0. The Bertz CT molecular complexity index is 354. The van der Waals surface area contributed by atoms with Gasteiger partial charge in [0, 0.05) is 0 Å². The summed E-state index contributed by atoms with van der Waals surface area (Å²) in [5, 5.41) is 0.277. The van der Waals surface area contributed by atoms with Crippen molar-refractivity contribution in [2.75, 3.05) is 6.61 Å². The van der Waals surface area contributed by atoms with Gasteiger partial charge in [-0.05, 0) is 50.7 Å². The van der Waals surface area contributed by atoms with Gasteiger partial charge in [0.25, 0.3) is 0 Å². The molecule has 2 aliphatic rings. The van der Waals surface area contributed by atoms with E-state index in [9.17, 15) is 0 Å². The fourth-order valence-corrected chi connectivity index (χ4v) is 4.39. The molecule has 0 aromatic heterocycles. The van der Waals surface area contributed by atoms with E-state index in [4.69, 9.17) is 9.16 Å². The van der Waals surface area contributed by atoms with Gasteiger partial charge in [-0.15, -0.1) is 0 Å². The molecule has 0 amide bonds. The molecule has 1 saturated heterocycles. The van der Waals surface area contributed by atoms with Gasteiger partial charge in [-0.2, -0.15) is 0 Å². The van der Waals surface area contributed by atoms with Crippen LogP contribution in [-0.2, 0) is 9.16 Å². The molecule has 2 atom stereocenters. The normalized spacial score (nSPS) is 36.1. The topological polar surface area (TPSA) is 21.8 Å². The molecule has 0 radical (unpaired) electrons. The number of epoxide rings is 1. The number of rotatable bonds is 4. The van der Waals surface area contributed by atoms with Crippen LogP contribution in [0.2, 0.25) is 18.1 Å². The average molecular weight is 299 g/mol. The first-order chi connectivity index (χ1) is 9.02. The largest absolute Gasteiger partial charge is 0.414 e. The van der Waals surface area contributed by atoms with Crippen molar-refractivity contribution >= 4 is 8.32 Å². The maximum Gasteiger partial charge on any atom is 0.192 e. The third-order valence-electron chi connectivity index (χ3n) is 6.34. The van der Waals surface area contributed by atoms with Gasteiger partial charge in [-0.25, -0.2) is 0 Å². The zero-order chi connectivity index (χ0) is 15.2. The molecule has 1 aliphatic carbocycles. The lowest BCUT2D eigenvalue weighted by Gasteiger charge is -2.37. The maximum atomic E-state index is 6.42. The minimum atomic E-state index is -1.67. The molecule has 20 heavy (non-hydrogen) atoms. The molecule has 0 bridgehead atoms. The van der Waals surface area contributed by atoms with Crippen LogP contribution >= 0.6 is 0 Å². The predicted octanol–water partition coefficient (Wildman–Crippen LogP) is 5.14. The Kier molecular flexibility index (Phi) is 4.21. The standard InChI is InChI=1S/C17H34O2Si/c1-15(2,3)20(6,7)18-13-16(4)17(5,19-16)14-11-9-8-10-12-14/h14H,8-13H2,1-7H3/t16-,17-/m1/s1. The lowest BCUT2D eigenvalue weighted by Crippen LogP contribution is -2.44. The quantitative estimate of drug-likeness (QED) is 0.530. The highest BCUT2D eigenvalue weighted by Gasteiger charge is 2.67. The predicted molar refractivity (Wildman–Crippen MR) is 87.6 cm³/mol. The van der Waals surface area contributed by atoms with Gasteiger partial charge in [-0.1, -0.05) is 40.0 Å². The van der Waals surface area contributed by atoms with Crippen molar-refractivity contribution in [3.8, 4) is 0 Å². The van der Waals surface area contributed by atoms with Crippen LogP contribution in [-0.4, -0.2) is 26.1 Å². The van der Waals surface area contributed by atoms with Gasteiger partial charge in [0.2, 0.25) is 0 Å². The van der Waals surface area contributed by atoms with Gasteiger partial charge >= 0.3 is 0 Å². The molecule has 0 aromatic rings. The minimum absolute atomic E-state index is 0.0511. The van der Waals surface area contributed by atoms with Crippen LogP contribution in [0.5, 0.6) is 0 Å². The lowest BCUT2D eigenvalue weighted by molar-refractivity contribution is 0.172. The second-order valence-electron chi connectivity index (χ2n) is 8.82. The Morgan fingerprint density at radius 2 is 1.65 bits per heavy atom. The van der Waals surface area contributed by atoms with E-state index in [-0.39, 0.29) is 16.2 Å². The Labute approximate surface area is 126 Å². The van der Waals surface area contributed by atoms with Crippen molar-refractivity contribution in [1.29, 1.82) is 0 Å². The van der Waals surface area contributed by atoms with Crippen LogP contribution in [0, 0.1) is 5.92 Å². The summed E-state index contributed by atoms with van der Waals surface area (Å²) in [7, 11) is -1.67. The van der Waals surface area contributed by atoms with Crippen LogP contribution in [0.25, 0.3) is 0 Å². The van der Waals surface area contributed by atoms with E-state index >= 15 is 0 Å². The molecular formula is C17H34O2Si. The summed E-state index contributed by atoms with van der Waals surface area (Å²) >= 11 is 0. The number of hydrogen-bond donors (Lipinski definition) is 0. The number of hydrogen-bond acceptors (Lipinski definition) is 2. The van der Waals surface area contributed by atoms with Crippen molar-refractivity contribution in [2.24, 2.45) is 5.92 Å². The van der Waals surface area contributed by atoms with E-state index in [1.54, 1.807) is 0 Å². The minimum Gasteiger partial charge on any atom is -0.414 e. The van der Waals surface area contributed by atoms with Crippen molar-refractivity contribution < 1.29 is 9.16 Å². The molecule has 1 heterocycles. The number of ether oxygens (including phenoxy) is 1. The second kappa shape index (κ2) is 5.10. The van der Waals surface area contributed by atoms with Gasteiger partial charge in [0.05, 0.1) is 6.61 Å². The molecule has 0 unspecified atom stereocenters. The smallest absolute Gasteiger partial charge is 0.192 e. The summed E-state index contributed by atoms with van der Waals surface area (Å²) in [6.07, 6.45) is 6.84. The monoisotopic (exact) mass is 298 g/mol. The highest BCUT2D eigenvalue weighted by Crippen LogP contribution is 2.56. The molecule has 1 aliphatic heterocycles. The van der Waals surface area contributed by atoms with Gasteiger partial charge in [-0.3, -0.25) is 0 Å². The SMILES string of the molecule is CC(C)(C)[Si](C)(C)OC[C@@]1(C)O[C@]1(C)C1CCCCC1. The molecular weight excluding hydrogens is 264 g/mol. The average Bonchev–Trinajstić information content (AvgIpc) is 2.92.